The first-order chi connectivity index (χ1) is 7.27. The van der Waals surface area contributed by atoms with Gasteiger partial charge in [-0.2, -0.15) is 0 Å². The van der Waals surface area contributed by atoms with Gasteiger partial charge < -0.3 is 15.5 Å². The third kappa shape index (κ3) is 2.62. The molecule has 2 rings (SSSR count). The molecule has 2 aliphatic rings. The number of nitrogens with zero attached hydrogens (tertiary/aromatic N) is 1. The fourth-order valence-electron chi connectivity index (χ4n) is 2.47. The molecule has 1 saturated heterocycles. The zero-order chi connectivity index (χ0) is 10.7. The van der Waals surface area contributed by atoms with Crippen LogP contribution in [-0.2, 0) is 0 Å². The Morgan fingerprint density at radius 2 is 2.13 bits per heavy atom. The summed E-state index contributed by atoms with van der Waals surface area (Å²) in [6, 6.07) is 0.885. The molecule has 1 unspecified atom stereocenters. The largest absolute Gasteiger partial charge is 0.335 e. The van der Waals surface area contributed by atoms with Crippen LogP contribution in [-0.4, -0.2) is 42.6 Å². The van der Waals surface area contributed by atoms with Gasteiger partial charge in [-0.25, -0.2) is 4.79 Å². The van der Waals surface area contributed by atoms with Crippen molar-refractivity contribution in [3.8, 4) is 0 Å². The second kappa shape index (κ2) is 4.84. The van der Waals surface area contributed by atoms with Crippen LogP contribution in [0.1, 0.15) is 32.6 Å². The number of urea groups is 1. The summed E-state index contributed by atoms with van der Waals surface area (Å²) in [5, 5.41) is 6.43. The van der Waals surface area contributed by atoms with Crippen molar-refractivity contribution >= 4 is 6.03 Å². The smallest absolute Gasteiger partial charge is 0.317 e. The number of hydrogen-bond donors (Lipinski definition) is 2. The molecule has 0 aromatic carbocycles. The molecule has 4 nitrogen and oxygen atoms in total. The summed E-state index contributed by atoms with van der Waals surface area (Å²) in [5.41, 5.74) is 0. The molecule has 0 aromatic heterocycles. The van der Waals surface area contributed by atoms with Crippen molar-refractivity contribution in [2.75, 3.05) is 19.6 Å². The summed E-state index contributed by atoms with van der Waals surface area (Å²) in [5.74, 6) is 0. The highest BCUT2D eigenvalue weighted by Crippen LogP contribution is 2.18. The maximum absolute atomic E-state index is 12.0. The molecular weight excluding hydrogens is 190 g/mol. The number of amides is 2. The summed E-state index contributed by atoms with van der Waals surface area (Å²) in [4.78, 5) is 13.9. The minimum absolute atomic E-state index is 0.135. The number of nitrogens with one attached hydrogen (secondary N) is 2. The Morgan fingerprint density at radius 3 is 2.80 bits per heavy atom. The fraction of sp³-hybridized carbons (Fsp3) is 0.909. The molecule has 0 spiro atoms. The normalized spacial score (nSPS) is 28.1. The summed E-state index contributed by atoms with van der Waals surface area (Å²) in [6.07, 6.45) is 4.85. The van der Waals surface area contributed by atoms with Crippen LogP contribution in [0.4, 0.5) is 4.79 Å². The van der Waals surface area contributed by atoms with Gasteiger partial charge in [0.15, 0.2) is 0 Å². The van der Waals surface area contributed by atoms with Crippen molar-refractivity contribution in [3.63, 3.8) is 0 Å². The molecule has 1 aliphatic carbocycles. The van der Waals surface area contributed by atoms with Gasteiger partial charge in [-0.15, -0.1) is 0 Å². The van der Waals surface area contributed by atoms with Gasteiger partial charge in [0.1, 0.15) is 0 Å². The molecule has 1 atom stereocenters. The quantitative estimate of drug-likeness (QED) is 0.678. The second-order valence-electron chi connectivity index (χ2n) is 4.68. The highest BCUT2D eigenvalue weighted by molar-refractivity contribution is 5.75. The molecule has 86 valence electrons. The molecule has 2 fully saturated rings. The number of carbonyl (C=O) groups is 1. The topological polar surface area (TPSA) is 44.4 Å². The summed E-state index contributed by atoms with van der Waals surface area (Å²) < 4.78 is 0. The summed E-state index contributed by atoms with van der Waals surface area (Å²) in [6.45, 7) is 4.76. The minimum Gasteiger partial charge on any atom is -0.335 e. The SMILES string of the molecule is CC1CNCCN1C(=O)NC1CCCC1. The number of carbonyl (C=O) groups excluding carboxylic acids is 1. The van der Waals surface area contributed by atoms with Crippen molar-refractivity contribution in [2.45, 2.75) is 44.7 Å². The number of rotatable bonds is 1. The van der Waals surface area contributed by atoms with Crippen LogP contribution >= 0.6 is 0 Å². The molecule has 2 N–H and O–H groups in total. The molecule has 1 saturated carbocycles. The van der Waals surface area contributed by atoms with E-state index in [2.05, 4.69) is 17.6 Å². The minimum atomic E-state index is 0.135. The van der Waals surface area contributed by atoms with Gasteiger partial charge in [-0.1, -0.05) is 12.8 Å². The van der Waals surface area contributed by atoms with Gasteiger partial charge in [0.2, 0.25) is 0 Å². The second-order valence-corrected chi connectivity index (χ2v) is 4.68. The summed E-state index contributed by atoms with van der Waals surface area (Å²) >= 11 is 0. The van der Waals surface area contributed by atoms with Crippen LogP contribution in [0.15, 0.2) is 0 Å². The van der Waals surface area contributed by atoms with E-state index in [1.165, 1.54) is 12.8 Å². The van der Waals surface area contributed by atoms with Gasteiger partial charge in [0.25, 0.3) is 0 Å². The molecular formula is C11H21N3O. The van der Waals surface area contributed by atoms with Crippen LogP contribution in [0, 0.1) is 0 Å². The fourth-order valence-corrected chi connectivity index (χ4v) is 2.47. The zero-order valence-corrected chi connectivity index (χ0v) is 9.46. The Labute approximate surface area is 91.4 Å². The predicted molar refractivity (Wildman–Crippen MR) is 59.8 cm³/mol. The maximum Gasteiger partial charge on any atom is 0.317 e. The molecule has 15 heavy (non-hydrogen) atoms. The Kier molecular flexibility index (Phi) is 3.46. The Morgan fingerprint density at radius 1 is 1.40 bits per heavy atom. The third-order valence-electron chi connectivity index (χ3n) is 3.44. The van der Waals surface area contributed by atoms with E-state index < -0.39 is 0 Å². The van der Waals surface area contributed by atoms with Crippen molar-refractivity contribution < 1.29 is 4.79 Å². The van der Waals surface area contributed by atoms with Crippen molar-refractivity contribution in [3.05, 3.63) is 0 Å². The van der Waals surface area contributed by atoms with Crippen molar-refractivity contribution in [2.24, 2.45) is 0 Å². The monoisotopic (exact) mass is 211 g/mol. The third-order valence-corrected chi connectivity index (χ3v) is 3.44. The Hall–Kier alpha value is -0.770. The van der Waals surface area contributed by atoms with Crippen LogP contribution in [0.2, 0.25) is 0 Å². The number of piperazine rings is 1. The first-order valence-electron chi connectivity index (χ1n) is 6.05. The van der Waals surface area contributed by atoms with E-state index in [9.17, 15) is 4.79 Å². The Bertz CT molecular complexity index is 226. The average molecular weight is 211 g/mol. The van der Waals surface area contributed by atoms with E-state index in [4.69, 9.17) is 0 Å². The van der Waals surface area contributed by atoms with E-state index in [0.29, 0.717) is 12.1 Å². The average Bonchev–Trinajstić information content (AvgIpc) is 2.71. The number of hydrogen-bond acceptors (Lipinski definition) is 2. The molecule has 1 heterocycles. The molecule has 0 aromatic rings. The van der Waals surface area contributed by atoms with Crippen LogP contribution < -0.4 is 10.6 Å². The summed E-state index contributed by atoms with van der Waals surface area (Å²) in [7, 11) is 0. The predicted octanol–water partition coefficient (Wildman–Crippen LogP) is 0.932. The standard InChI is InChI=1S/C11H21N3O/c1-9-8-12-6-7-14(9)11(15)13-10-4-2-3-5-10/h9-10,12H,2-8H2,1H3,(H,13,15). The van der Waals surface area contributed by atoms with Crippen molar-refractivity contribution in [1.29, 1.82) is 0 Å². The van der Waals surface area contributed by atoms with Gasteiger partial charge in [-0.3, -0.25) is 0 Å². The van der Waals surface area contributed by atoms with E-state index in [-0.39, 0.29) is 6.03 Å². The van der Waals surface area contributed by atoms with Gasteiger partial charge in [0.05, 0.1) is 0 Å². The highest BCUT2D eigenvalue weighted by Gasteiger charge is 2.25. The first kappa shape index (κ1) is 10.7. The Balaban J connectivity index is 1.83. The van der Waals surface area contributed by atoms with Gasteiger partial charge >= 0.3 is 6.03 Å². The molecule has 1 aliphatic heterocycles. The maximum atomic E-state index is 12.0. The lowest BCUT2D eigenvalue weighted by molar-refractivity contribution is 0.161. The lowest BCUT2D eigenvalue weighted by Crippen LogP contribution is -2.56. The van der Waals surface area contributed by atoms with Gasteiger partial charge in [-0.05, 0) is 19.8 Å². The first-order valence-corrected chi connectivity index (χ1v) is 6.05. The van der Waals surface area contributed by atoms with Crippen LogP contribution in [0.5, 0.6) is 0 Å². The van der Waals surface area contributed by atoms with Crippen LogP contribution in [0.3, 0.4) is 0 Å². The molecule has 4 heteroatoms. The van der Waals surface area contributed by atoms with E-state index in [1.807, 2.05) is 4.90 Å². The van der Waals surface area contributed by atoms with E-state index >= 15 is 0 Å². The molecule has 0 bridgehead atoms. The zero-order valence-electron chi connectivity index (χ0n) is 9.46. The van der Waals surface area contributed by atoms with E-state index in [1.54, 1.807) is 0 Å². The molecule has 0 radical (unpaired) electrons. The molecule has 2 amide bonds. The van der Waals surface area contributed by atoms with E-state index in [0.717, 1.165) is 32.5 Å². The highest BCUT2D eigenvalue weighted by atomic mass is 16.2. The lowest BCUT2D eigenvalue weighted by Gasteiger charge is -2.34. The van der Waals surface area contributed by atoms with Gasteiger partial charge in [0, 0.05) is 31.7 Å². The lowest BCUT2D eigenvalue weighted by atomic mass is 10.2. The van der Waals surface area contributed by atoms with Crippen LogP contribution in [0.25, 0.3) is 0 Å². The van der Waals surface area contributed by atoms with Crippen molar-refractivity contribution in [1.82, 2.24) is 15.5 Å².